The van der Waals surface area contributed by atoms with Crippen molar-refractivity contribution in [2.24, 2.45) is 0 Å². The minimum atomic E-state index is 0.850. The van der Waals surface area contributed by atoms with Crippen LogP contribution in [0.5, 0.6) is 0 Å². The monoisotopic (exact) mass is 272 g/mol. The van der Waals surface area contributed by atoms with Crippen molar-refractivity contribution in [1.29, 1.82) is 0 Å². The average molecular weight is 272 g/mol. The fourth-order valence-electron chi connectivity index (χ4n) is 2.34. The summed E-state index contributed by atoms with van der Waals surface area (Å²) in [5, 5.41) is 5.46. The molecule has 4 aromatic rings. The predicted molar refractivity (Wildman–Crippen MR) is 82.1 cm³/mol. The Labute approximate surface area is 121 Å². The number of fused-ring (bicyclic) bond motifs is 1. The van der Waals surface area contributed by atoms with Gasteiger partial charge >= 0.3 is 0 Å². The van der Waals surface area contributed by atoms with Crippen molar-refractivity contribution in [2.75, 3.05) is 0 Å². The minimum Gasteiger partial charge on any atom is -0.264 e. The topological polar surface area (TPSA) is 43.6 Å². The van der Waals surface area contributed by atoms with Crippen LogP contribution in [-0.4, -0.2) is 19.7 Å². The van der Waals surface area contributed by atoms with Gasteiger partial charge < -0.3 is 0 Å². The van der Waals surface area contributed by atoms with E-state index in [-0.39, 0.29) is 0 Å². The molecule has 4 heteroatoms. The highest BCUT2D eigenvalue weighted by Crippen LogP contribution is 2.21. The summed E-state index contributed by atoms with van der Waals surface area (Å²) in [6, 6.07) is 18.0. The van der Waals surface area contributed by atoms with Gasteiger partial charge in [-0.15, -0.1) is 0 Å². The second-order valence-electron chi connectivity index (χ2n) is 4.74. The number of pyridine rings is 2. The average Bonchev–Trinajstić information content (AvgIpc) is 2.99. The van der Waals surface area contributed by atoms with Gasteiger partial charge in [0.05, 0.1) is 17.6 Å². The molecule has 4 nitrogen and oxygen atoms in total. The van der Waals surface area contributed by atoms with E-state index in [1.807, 2.05) is 71.7 Å². The van der Waals surface area contributed by atoms with Crippen molar-refractivity contribution in [3.8, 4) is 16.9 Å². The molecule has 0 saturated carbocycles. The van der Waals surface area contributed by atoms with Crippen LogP contribution in [0.15, 0.2) is 73.2 Å². The molecule has 100 valence electrons. The Morgan fingerprint density at radius 2 is 1.71 bits per heavy atom. The maximum Gasteiger partial charge on any atom is 0.163 e. The Morgan fingerprint density at radius 1 is 0.810 bits per heavy atom. The van der Waals surface area contributed by atoms with Gasteiger partial charge in [-0.2, -0.15) is 5.10 Å². The van der Waals surface area contributed by atoms with Crippen molar-refractivity contribution < 1.29 is 0 Å². The van der Waals surface area contributed by atoms with E-state index in [0.717, 1.165) is 28.0 Å². The van der Waals surface area contributed by atoms with Crippen LogP contribution < -0.4 is 0 Å². The van der Waals surface area contributed by atoms with Gasteiger partial charge in [0.2, 0.25) is 0 Å². The highest BCUT2D eigenvalue weighted by Gasteiger charge is 2.08. The zero-order valence-electron chi connectivity index (χ0n) is 11.2. The summed E-state index contributed by atoms with van der Waals surface area (Å²) in [5.41, 5.74) is 3.75. The normalized spacial score (nSPS) is 10.9. The lowest BCUT2D eigenvalue weighted by Crippen LogP contribution is -1.97. The summed E-state index contributed by atoms with van der Waals surface area (Å²) < 4.78 is 1.86. The van der Waals surface area contributed by atoms with Gasteiger partial charge in [-0.3, -0.25) is 4.98 Å². The molecule has 3 heterocycles. The first-order chi connectivity index (χ1) is 10.4. The summed E-state index contributed by atoms with van der Waals surface area (Å²) in [6.07, 6.45) is 5.41. The summed E-state index contributed by atoms with van der Waals surface area (Å²) in [5.74, 6) is 0. The van der Waals surface area contributed by atoms with Crippen LogP contribution in [0.4, 0.5) is 0 Å². The minimum absolute atomic E-state index is 0.850. The van der Waals surface area contributed by atoms with Crippen molar-refractivity contribution in [1.82, 2.24) is 19.7 Å². The molecule has 0 aliphatic carbocycles. The van der Waals surface area contributed by atoms with Gasteiger partial charge in [-0.05, 0) is 36.4 Å². The van der Waals surface area contributed by atoms with E-state index < -0.39 is 0 Å². The predicted octanol–water partition coefficient (Wildman–Crippen LogP) is 3.48. The maximum absolute atomic E-state index is 4.74. The largest absolute Gasteiger partial charge is 0.264 e. The molecule has 0 atom stereocenters. The second kappa shape index (κ2) is 4.83. The van der Waals surface area contributed by atoms with Gasteiger partial charge in [-0.25, -0.2) is 9.67 Å². The van der Waals surface area contributed by atoms with E-state index in [4.69, 9.17) is 4.98 Å². The number of hydrogen-bond donors (Lipinski definition) is 0. The fraction of sp³-hybridized carbons (Fsp3) is 0. The lowest BCUT2D eigenvalue weighted by molar-refractivity contribution is 0.897. The molecular formula is C17H12N4. The van der Waals surface area contributed by atoms with Crippen molar-refractivity contribution in [2.45, 2.75) is 0 Å². The van der Waals surface area contributed by atoms with Crippen molar-refractivity contribution in [3.63, 3.8) is 0 Å². The summed E-state index contributed by atoms with van der Waals surface area (Å²) in [4.78, 5) is 8.89. The molecule has 0 unspecified atom stereocenters. The van der Waals surface area contributed by atoms with Crippen LogP contribution >= 0.6 is 0 Å². The third-order valence-corrected chi connectivity index (χ3v) is 3.38. The van der Waals surface area contributed by atoms with Crippen LogP contribution in [0, 0.1) is 0 Å². The Morgan fingerprint density at radius 3 is 2.52 bits per heavy atom. The number of nitrogens with zero attached hydrogens (tertiary/aromatic N) is 4. The number of hydrogen-bond acceptors (Lipinski definition) is 3. The Bertz CT molecular complexity index is 882. The third kappa shape index (κ3) is 2.07. The quantitative estimate of drug-likeness (QED) is 0.561. The second-order valence-corrected chi connectivity index (χ2v) is 4.74. The van der Waals surface area contributed by atoms with Gasteiger partial charge in [0.15, 0.2) is 5.65 Å². The molecule has 0 N–H and O–H groups in total. The smallest absolute Gasteiger partial charge is 0.163 e. The zero-order chi connectivity index (χ0) is 14.1. The van der Waals surface area contributed by atoms with E-state index in [0.29, 0.717) is 0 Å². The van der Waals surface area contributed by atoms with Crippen LogP contribution in [-0.2, 0) is 0 Å². The van der Waals surface area contributed by atoms with E-state index in [1.165, 1.54) is 0 Å². The molecular weight excluding hydrogens is 260 g/mol. The summed E-state index contributed by atoms with van der Waals surface area (Å²) in [6.45, 7) is 0. The Balaban J connectivity index is 1.91. The molecule has 0 fully saturated rings. The van der Waals surface area contributed by atoms with Crippen LogP contribution in [0.1, 0.15) is 0 Å². The SMILES string of the molecule is c1ccc(-n2ncc3ccc(-c4cccnc4)nc32)cc1. The first kappa shape index (κ1) is 11.8. The van der Waals surface area contributed by atoms with Gasteiger partial charge in [0, 0.05) is 23.3 Å². The van der Waals surface area contributed by atoms with Gasteiger partial charge in [0.1, 0.15) is 0 Å². The highest BCUT2D eigenvalue weighted by molar-refractivity contribution is 5.79. The molecule has 3 aromatic heterocycles. The molecule has 21 heavy (non-hydrogen) atoms. The molecule has 0 spiro atoms. The van der Waals surface area contributed by atoms with Crippen molar-refractivity contribution >= 4 is 11.0 Å². The Hall–Kier alpha value is -3.01. The molecule has 0 amide bonds. The molecule has 0 aliphatic rings. The van der Waals surface area contributed by atoms with Gasteiger partial charge in [-0.1, -0.05) is 18.2 Å². The molecule has 0 bridgehead atoms. The molecule has 1 aromatic carbocycles. The zero-order valence-corrected chi connectivity index (χ0v) is 11.2. The maximum atomic E-state index is 4.74. The number of benzene rings is 1. The first-order valence-corrected chi connectivity index (χ1v) is 6.72. The lowest BCUT2D eigenvalue weighted by Gasteiger charge is -2.04. The van der Waals surface area contributed by atoms with Crippen molar-refractivity contribution in [3.05, 3.63) is 73.2 Å². The summed E-state index contributed by atoms with van der Waals surface area (Å²) in [7, 11) is 0. The highest BCUT2D eigenvalue weighted by atomic mass is 15.3. The molecule has 0 aliphatic heterocycles. The number of rotatable bonds is 2. The van der Waals surface area contributed by atoms with Crippen LogP contribution in [0.3, 0.4) is 0 Å². The summed E-state index contributed by atoms with van der Waals surface area (Å²) >= 11 is 0. The number of aromatic nitrogens is 4. The standard InChI is InChI=1S/C17H12N4/c1-2-6-15(7-3-1)21-17-14(12-19-21)8-9-16(20-17)13-5-4-10-18-11-13/h1-12H. The van der Waals surface area contributed by atoms with Gasteiger partial charge in [0.25, 0.3) is 0 Å². The fourth-order valence-corrected chi connectivity index (χ4v) is 2.34. The Kier molecular flexibility index (Phi) is 2.71. The van der Waals surface area contributed by atoms with E-state index >= 15 is 0 Å². The van der Waals surface area contributed by atoms with Crippen LogP contribution in [0.2, 0.25) is 0 Å². The molecule has 0 radical (unpaired) electrons. The van der Waals surface area contributed by atoms with E-state index in [1.54, 1.807) is 6.20 Å². The third-order valence-electron chi connectivity index (χ3n) is 3.38. The lowest BCUT2D eigenvalue weighted by atomic mass is 10.2. The van der Waals surface area contributed by atoms with Crippen LogP contribution in [0.25, 0.3) is 28.0 Å². The number of para-hydroxylation sites is 1. The first-order valence-electron chi connectivity index (χ1n) is 6.72. The van der Waals surface area contributed by atoms with E-state index in [9.17, 15) is 0 Å². The molecule has 0 saturated heterocycles. The molecule has 4 rings (SSSR count). The van der Waals surface area contributed by atoms with E-state index in [2.05, 4.69) is 10.1 Å².